The molecule has 0 amide bonds. The predicted octanol–water partition coefficient (Wildman–Crippen LogP) is 3.20. The van der Waals surface area contributed by atoms with Crippen LogP contribution in [-0.4, -0.2) is 0 Å². The number of hydrogen-bond acceptors (Lipinski definition) is 4. The molecule has 0 unspecified atom stereocenters. The summed E-state index contributed by atoms with van der Waals surface area (Å²) in [4.78, 5) is 0. The van der Waals surface area contributed by atoms with Crippen molar-refractivity contribution in [1.29, 1.82) is 21.0 Å². The number of nitriles is 4. The number of hydrogen-bond donors (Lipinski definition) is 0. The molecule has 4 atom stereocenters. The third-order valence-corrected chi connectivity index (χ3v) is 5.92. The van der Waals surface area contributed by atoms with E-state index in [4.69, 9.17) is 0 Å². The highest BCUT2D eigenvalue weighted by molar-refractivity contribution is 5.74. The first kappa shape index (κ1) is 14.3. The number of rotatable bonds is 1. The summed E-state index contributed by atoms with van der Waals surface area (Å²) in [5, 5.41) is 39.1. The molecule has 0 saturated heterocycles. The Labute approximate surface area is 140 Å². The molecule has 4 heteroatoms. The first-order valence-corrected chi connectivity index (χ1v) is 7.79. The van der Waals surface area contributed by atoms with Crippen LogP contribution in [0.4, 0.5) is 0 Å². The second-order valence-electron chi connectivity index (χ2n) is 6.59. The van der Waals surface area contributed by atoms with Crippen molar-refractivity contribution in [1.82, 2.24) is 0 Å². The molecule has 0 radical (unpaired) electrons. The Morgan fingerprint density at radius 1 is 0.750 bits per heavy atom. The highest BCUT2D eigenvalue weighted by Gasteiger charge is 2.74. The fourth-order valence-corrected chi connectivity index (χ4v) is 4.89. The maximum atomic E-state index is 9.82. The molecule has 112 valence electrons. The van der Waals surface area contributed by atoms with E-state index in [-0.39, 0.29) is 17.8 Å². The Hall–Kier alpha value is -3.34. The van der Waals surface area contributed by atoms with Gasteiger partial charge in [-0.05, 0) is 17.1 Å². The topological polar surface area (TPSA) is 95.2 Å². The van der Waals surface area contributed by atoms with Crippen LogP contribution in [0.3, 0.4) is 0 Å². The largest absolute Gasteiger partial charge is 0.196 e. The van der Waals surface area contributed by atoms with Crippen molar-refractivity contribution in [2.45, 2.75) is 0 Å². The molecule has 0 N–H and O–H groups in total. The monoisotopic (exact) mass is 308 g/mol. The van der Waals surface area contributed by atoms with E-state index in [0.29, 0.717) is 0 Å². The smallest absolute Gasteiger partial charge is 0.182 e. The highest BCUT2D eigenvalue weighted by atomic mass is 14.7. The molecule has 1 saturated carbocycles. The highest BCUT2D eigenvalue weighted by Crippen LogP contribution is 2.70. The lowest BCUT2D eigenvalue weighted by Crippen LogP contribution is -2.39. The molecular formula is C20H12N4. The lowest BCUT2D eigenvalue weighted by Gasteiger charge is -2.28. The fourth-order valence-electron chi connectivity index (χ4n) is 4.89. The average Bonchev–Trinajstić information content (AvgIpc) is 3.28. The third-order valence-electron chi connectivity index (χ3n) is 5.92. The van der Waals surface area contributed by atoms with E-state index in [0.717, 1.165) is 11.1 Å². The Morgan fingerprint density at radius 2 is 1.33 bits per heavy atom. The molecule has 1 aromatic rings. The maximum absolute atomic E-state index is 9.82. The lowest BCUT2D eigenvalue weighted by atomic mass is 9.63. The van der Waals surface area contributed by atoms with E-state index in [1.807, 2.05) is 60.7 Å². The van der Waals surface area contributed by atoms with Crippen molar-refractivity contribution in [3.63, 3.8) is 0 Å². The van der Waals surface area contributed by atoms with Gasteiger partial charge in [0.25, 0.3) is 0 Å². The first-order chi connectivity index (χ1) is 11.7. The van der Waals surface area contributed by atoms with Crippen molar-refractivity contribution in [3.05, 3.63) is 54.1 Å². The summed E-state index contributed by atoms with van der Waals surface area (Å²) in [5.41, 5.74) is -1.10. The van der Waals surface area contributed by atoms with Gasteiger partial charge in [0, 0.05) is 17.8 Å². The van der Waals surface area contributed by atoms with Crippen LogP contribution in [0.15, 0.2) is 48.6 Å². The minimum Gasteiger partial charge on any atom is -0.196 e. The molecule has 3 aliphatic carbocycles. The van der Waals surface area contributed by atoms with Crippen LogP contribution in [-0.2, 0) is 0 Å². The summed E-state index contributed by atoms with van der Waals surface area (Å²) in [7, 11) is 0. The minimum absolute atomic E-state index is 0.0482. The molecule has 1 fully saturated rings. The standard InChI is InChI=1S/C20H12N4/c21-9-19(10-22)16-7-6-14-15(13-4-2-1-3-5-13)8-17(18(14)16)20(19,11-23)12-24/h1-8,14,16-18H/t14-,16-,17-,18+/m1/s1. The van der Waals surface area contributed by atoms with Crippen molar-refractivity contribution >= 4 is 5.57 Å². The molecule has 0 spiro atoms. The molecular weight excluding hydrogens is 296 g/mol. The summed E-state index contributed by atoms with van der Waals surface area (Å²) < 4.78 is 0. The van der Waals surface area contributed by atoms with Crippen LogP contribution in [0.1, 0.15) is 5.56 Å². The Kier molecular flexibility index (Phi) is 2.72. The average molecular weight is 308 g/mol. The quantitative estimate of drug-likeness (QED) is 0.744. The van der Waals surface area contributed by atoms with E-state index in [2.05, 4.69) is 12.1 Å². The normalized spacial score (nSPS) is 32.8. The molecule has 0 aromatic heterocycles. The van der Waals surface area contributed by atoms with E-state index in [9.17, 15) is 21.0 Å². The van der Waals surface area contributed by atoms with Gasteiger partial charge in [-0.3, -0.25) is 0 Å². The molecule has 4 rings (SSSR count). The zero-order valence-corrected chi connectivity index (χ0v) is 12.7. The number of allylic oxidation sites excluding steroid dienone is 4. The van der Waals surface area contributed by atoms with E-state index in [1.165, 1.54) is 0 Å². The van der Waals surface area contributed by atoms with Crippen molar-refractivity contribution < 1.29 is 0 Å². The Balaban J connectivity index is 1.96. The Bertz CT molecular complexity index is 915. The molecule has 24 heavy (non-hydrogen) atoms. The van der Waals surface area contributed by atoms with Gasteiger partial charge in [0.05, 0.1) is 24.3 Å². The second kappa shape index (κ2) is 4.58. The van der Waals surface area contributed by atoms with Gasteiger partial charge in [-0.2, -0.15) is 21.0 Å². The zero-order chi connectivity index (χ0) is 16.9. The number of nitrogens with zero attached hydrogens (tertiary/aromatic N) is 4. The maximum Gasteiger partial charge on any atom is 0.182 e. The van der Waals surface area contributed by atoms with Crippen molar-refractivity contribution in [2.24, 2.45) is 34.5 Å². The Morgan fingerprint density at radius 3 is 1.92 bits per heavy atom. The SMILES string of the molecule is N#CC1(C#N)[C@@H]2C=C[C@@H]3C(c4ccccc4)=C[C@H]([C@@H]32)C1(C#N)C#N. The summed E-state index contributed by atoms with van der Waals surface area (Å²) in [6, 6.07) is 18.1. The van der Waals surface area contributed by atoms with Crippen molar-refractivity contribution in [2.75, 3.05) is 0 Å². The van der Waals surface area contributed by atoms with E-state index >= 15 is 0 Å². The first-order valence-electron chi connectivity index (χ1n) is 7.79. The van der Waals surface area contributed by atoms with Crippen molar-refractivity contribution in [3.8, 4) is 24.3 Å². The molecule has 3 aliphatic rings. The van der Waals surface area contributed by atoms with Gasteiger partial charge >= 0.3 is 0 Å². The van der Waals surface area contributed by atoms with Gasteiger partial charge in [-0.25, -0.2) is 0 Å². The molecule has 0 aliphatic heterocycles. The lowest BCUT2D eigenvalue weighted by molar-refractivity contribution is 0.291. The van der Waals surface area contributed by atoms with E-state index < -0.39 is 16.7 Å². The number of benzene rings is 1. The summed E-state index contributed by atoms with van der Waals surface area (Å²) in [6.07, 6.45) is 5.88. The molecule has 4 nitrogen and oxygen atoms in total. The van der Waals surface area contributed by atoms with Crippen LogP contribution in [0.2, 0.25) is 0 Å². The van der Waals surface area contributed by atoms with Crippen LogP contribution in [0.25, 0.3) is 5.57 Å². The van der Waals surface area contributed by atoms with Gasteiger partial charge in [0.2, 0.25) is 0 Å². The molecule has 0 heterocycles. The second-order valence-corrected chi connectivity index (χ2v) is 6.59. The van der Waals surface area contributed by atoms with Gasteiger partial charge in [0.1, 0.15) is 0 Å². The van der Waals surface area contributed by atoms with E-state index in [1.54, 1.807) is 0 Å². The summed E-state index contributed by atoms with van der Waals surface area (Å²) in [6.45, 7) is 0. The fraction of sp³-hybridized carbons (Fsp3) is 0.300. The van der Waals surface area contributed by atoms with Crippen LogP contribution in [0.5, 0.6) is 0 Å². The summed E-state index contributed by atoms with van der Waals surface area (Å²) >= 11 is 0. The van der Waals surface area contributed by atoms with Crippen LogP contribution in [0, 0.1) is 79.8 Å². The zero-order valence-electron chi connectivity index (χ0n) is 12.7. The van der Waals surface area contributed by atoms with Gasteiger partial charge in [-0.15, -0.1) is 0 Å². The van der Waals surface area contributed by atoms with Crippen LogP contribution < -0.4 is 0 Å². The van der Waals surface area contributed by atoms with Gasteiger partial charge in [-0.1, -0.05) is 48.6 Å². The van der Waals surface area contributed by atoms with Gasteiger partial charge < -0.3 is 0 Å². The van der Waals surface area contributed by atoms with Gasteiger partial charge in [0.15, 0.2) is 10.8 Å². The molecule has 1 aromatic carbocycles. The minimum atomic E-state index is -1.63. The van der Waals surface area contributed by atoms with Crippen LogP contribution >= 0.6 is 0 Å². The third kappa shape index (κ3) is 1.31. The summed E-state index contributed by atoms with van der Waals surface area (Å²) in [5.74, 6) is -0.822. The predicted molar refractivity (Wildman–Crippen MR) is 84.8 cm³/mol. The molecule has 0 bridgehead atoms.